The van der Waals surface area contributed by atoms with Crippen LogP contribution in [0, 0.1) is 0 Å². The summed E-state index contributed by atoms with van der Waals surface area (Å²) in [6, 6.07) is 0.0333. The lowest BCUT2D eigenvalue weighted by atomic mass is 10.1. The molecule has 20 heavy (non-hydrogen) atoms. The summed E-state index contributed by atoms with van der Waals surface area (Å²) in [6.07, 6.45) is 2.17. The predicted octanol–water partition coefficient (Wildman–Crippen LogP) is 2.30. The standard InChI is InChI=1S/C14H24N2O4/c1-5-10-19-12(17)15-11-6-8-16(9-7-11)13(18)20-14(2,3)4/h5,11H,1,6-10H2,2-4H3,(H,15,17). The van der Waals surface area contributed by atoms with Crippen molar-refractivity contribution in [3.63, 3.8) is 0 Å². The molecule has 1 aliphatic rings. The Hall–Kier alpha value is -1.72. The largest absolute Gasteiger partial charge is 0.445 e. The van der Waals surface area contributed by atoms with E-state index in [2.05, 4.69) is 11.9 Å². The topological polar surface area (TPSA) is 67.9 Å². The number of rotatable bonds is 3. The third-order valence-electron chi connectivity index (χ3n) is 2.80. The number of alkyl carbamates (subject to hydrolysis) is 1. The highest BCUT2D eigenvalue weighted by molar-refractivity contribution is 5.69. The number of carbonyl (C=O) groups excluding carboxylic acids is 2. The number of ether oxygens (including phenoxy) is 2. The van der Waals surface area contributed by atoms with Gasteiger partial charge < -0.3 is 19.7 Å². The zero-order valence-corrected chi connectivity index (χ0v) is 12.5. The van der Waals surface area contributed by atoms with Crippen molar-refractivity contribution in [2.45, 2.75) is 45.3 Å². The second-order valence-corrected chi connectivity index (χ2v) is 5.77. The molecule has 0 atom stereocenters. The molecule has 6 nitrogen and oxygen atoms in total. The molecule has 0 saturated carbocycles. The average molecular weight is 284 g/mol. The SMILES string of the molecule is C=CCOC(=O)NC1CCN(C(=O)OC(C)(C)C)CC1. The Kier molecular flexibility index (Phi) is 5.85. The quantitative estimate of drug-likeness (QED) is 0.807. The van der Waals surface area contributed by atoms with E-state index in [1.807, 2.05) is 20.8 Å². The van der Waals surface area contributed by atoms with E-state index in [-0.39, 0.29) is 18.7 Å². The first-order valence-corrected chi connectivity index (χ1v) is 6.84. The Balaban J connectivity index is 2.31. The Bertz CT molecular complexity index is 355. The van der Waals surface area contributed by atoms with Crippen molar-refractivity contribution in [3.05, 3.63) is 12.7 Å². The van der Waals surface area contributed by atoms with Crippen LogP contribution in [0.2, 0.25) is 0 Å². The Morgan fingerprint density at radius 3 is 2.45 bits per heavy atom. The van der Waals surface area contributed by atoms with E-state index in [1.165, 1.54) is 6.08 Å². The summed E-state index contributed by atoms with van der Waals surface area (Å²) in [7, 11) is 0. The molecular formula is C14H24N2O4. The molecule has 1 rings (SSSR count). The highest BCUT2D eigenvalue weighted by Crippen LogP contribution is 2.15. The summed E-state index contributed by atoms with van der Waals surface area (Å²) in [6.45, 7) is 10.3. The summed E-state index contributed by atoms with van der Waals surface area (Å²) in [4.78, 5) is 24.9. The van der Waals surface area contributed by atoms with Gasteiger partial charge in [-0.2, -0.15) is 0 Å². The molecule has 1 saturated heterocycles. The van der Waals surface area contributed by atoms with Crippen LogP contribution in [0.5, 0.6) is 0 Å². The molecule has 0 bridgehead atoms. The van der Waals surface area contributed by atoms with Crippen molar-refractivity contribution in [2.75, 3.05) is 19.7 Å². The van der Waals surface area contributed by atoms with Gasteiger partial charge in [0.1, 0.15) is 12.2 Å². The molecule has 0 aromatic heterocycles. The van der Waals surface area contributed by atoms with Crippen molar-refractivity contribution in [1.29, 1.82) is 0 Å². The van der Waals surface area contributed by atoms with Gasteiger partial charge in [0.2, 0.25) is 0 Å². The fraction of sp³-hybridized carbons (Fsp3) is 0.714. The van der Waals surface area contributed by atoms with Crippen LogP contribution in [0.25, 0.3) is 0 Å². The molecule has 0 aliphatic carbocycles. The molecule has 0 unspecified atom stereocenters. The van der Waals surface area contributed by atoms with E-state index in [9.17, 15) is 9.59 Å². The summed E-state index contributed by atoms with van der Waals surface area (Å²) >= 11 is 0. The minimum absolute atomic E-state index is 0.0333. The number of hydrogen-bond donors (Lipinski definition) is 1. The van der Waals surface area contributed by atoms with Gasteiger partial charge in [0.25, 0.3) is 0 Å². The van der Waals surface area contributed by atoms with E-state index in [0.717, 1.165) is 0 Å². The van der Waals surface area contributed by atoms with Crippen LogP contribution in [0.4, 0.5) is 9.59 Å². The summed E-state index contributed by atoms with van der Waals surface area (Å²) in [5, 5.41) is 2.77. The van der Waals surface area contributed by atoms with Gasteiger partial charge in [-0.25, -0.2) is 9.59 Å². The number of carbonyl (C=O) groups is 2. The van der Waals surface area contributed by atoms with Crippen molar-refractivity contribution in [3.8, 4) is 0 Å². The van der Waals surface area contributed by atoms with Gasteiger partial charge in [-0.15, -0.1) is 0 Å². The molecule has 0 aromatic carbocycles. The van der Waals surface area contributed by atoms with Gasteiger partial charge in [0, 0.05) is 19.1 Å². The molecule has 1 heterocycles. The Morgan fingerprint density at radius 2 is 1.95 bits per heavy atom. The fourth-order valence-corrected chi connectivity index (χ4v) is 1.88. The molecule has 1 N–H and O–H groups in total. The number of nitrogens with zero attached hydrogens (tertiary/aromatic N) is 1. The van der Waals surface area contributed by atoms with Crippen LogP contribution in [0.3, 0.4) is 0 Å². The first-order chi connectivity index (χ1) is 9.31. The molecule has 6 heteroatoms. The second-order valence-electron chi connectivity index (χ2n) is 5.77. The predicted molar refractivity (Wildman–Crippen MR) is 75.5 cm³/mol. The van der Waals surface area contributed by atoms with Crippen LogP contribution in [-0.2, 0) is 9.47 Å². The van der Waals surface area contributed by atoms with Crippen LogP contribution < -0.4 is 5.32 Å². The minimum atomic E-state index is -0.485. The highest BCUT2D eigenvalue weighted by Gasteiger charge is 2.27. The molecule has 0 radical (unpaired) electrons. The first kappa shape index (κ1) is 16.3. The summed E-state index contributed by atoms with van der Waals surface area (Å²) in [5.74, 6) is 0. The van der Waals surface area contributed by atoms with Gasteiger partial charge in [-0.05, 0) is 33.6 Å². The molecule has 1 fully saturated rings. The van der Waals surface area contributed by atoms with Gasteiger partial charge in [0.15, 0.2) is 0 Å². The number of amides is 2. The number of likely N-dealkylation sites (tertiary alicyclic amines) is 1. The third kappa shape index (κ3) is 5.95. The third-order valence-corrected chi connectivity index (χ3v) is 2.80. The molecule has 114 valence electrons. The van der Waals surface area contributed by atoms with Crippen molar-refractivity contribution in [2.24, 2.45) is 0 Å². The second kappa shape index (κ2) is 7.17. The van der Waals surface area contributed by atoms with Crippen molar-refractivity contribution < 1.29 is 19.1 Å². The monoisotopic (exact) mass is 284 g/mol. The van der Waals surface area contributed by atoms with Crippen LogP contribution in [0.1, 0.15) is 33.6 Å². The maximum Gasteiger partial charge on any atom is 0.410 e. The first-order valence-electron chi connectivity index (χ1n) is 6.84. The zero-order chi connectivity index (χ0) is 15.2. The molecule has 1 aliphatic heterocycles. The van der Waals surface area contributed by atoms with Crippen molar-refractivity contribution in [1.82, 2.24) is 10.2 Å². The number of piperidine rings is 1. The minimum Gasteiger partial charge on any atom is -0.445 e. The Labute approximate surface area is 120 Å². The normalized spacial score (nSPS) is 16.4. The Morgan fingerprint density at radius 1 is 1.35 bits per heavy atom. The zero-order valence-electron chi connectivity index (χ0n) is 12.5. The fourth-order valence-electron chi connectivity index (χ4n) is 1.88. The maximum absolute atomic E-state index is 11.9. The van der Waals surface area contributed by atoms with Crippen LogP contribution >= 0.6 is 0 Å². The molecule has 0 aromatic rings. The van der Waals surface area contributed by atoms with Gasteiger partial charge in [-0.3, -0.25) is 0 Å². The van der Waals surface area contributed by atoms with E-state index in [0.29, 0.717) is 25.9 Å². The van der Waals surface area contributed by atoms with Gasteiger partial charge in [0.05, 0.1) is 0 Å². The lowest BCUT2D eigenvalue weighted by Gasteiger charge is -2.33. The molecule has 2 amide bonds. The van der Waals surface area contributed by atoms with E-state index >= 15 is 0 Å². The number of hydrogen-bond acceptors (Lipinski definition) is 4. The lowest BCUT2D eigenvalue weighted by molar-refractivity contribution is 0.0199. The smallest absolute Gasteiger partial charge is 0.410 e. The summed E-state index contributed by atoms with van der Waals surface area (Å²) in [5.41, 5.74) is -0.485. The molecule has 0 spiro atoms. The number of nitrogens with one attached hydrogen (secondary N) is 1. The van der Waals surface area contributed by atoms with E-state index < -0.39 is 11.7 Å². The van der Waals surface area contributed by atoms with Crippen LogP contribution in [-0.4, -0.2) is 48.4 Å². The molecular weight excluding hydrogens is 260 g/mol. The highest BCUT2D eigenvalue weighted by atomic mass is 16.6. The maximum atomic E-state index is 11.9. The van der Waals surface area contributed by atoms with E-state index in [1.54, 1.807) is 4.90 Å². The summed E-state index contributed by atoms with van der Waals surface area (Å²) < 4.78 is 10.2. The van der Waals surface area contributed by atoms with Gasteiger partial charge in [-0.1, -0.05) is 12.7 Å². The van der Waals surface area contributed by atoms with Gasteiger partial charge >= 0.3 is 12.2 Å². The lowest BCUT2D eigenvalue weighted by Crippen LogP contribution is -2.47. The average Bonchev–Trinajstić information content (AvgIpc) is 2.35. The van der Waals surface area contributed by atoms with E-state index in [4.69, 9.17) is 9.47 Å². The van der Waals surface area contributed by atoms with Crippen molar-refractivity contribution >= 4 is 12.2 Å². The van der Waals surface area contributed by atoms with Crippen LogP contribution in [0.15, 0.2) is 12.7 Å².